The van der Waals surface area contributed by atoms with Crippen LogP contribution in [0.1, 0.15) is 42.2 Å². The Morgan fingerprint density at radius 3 is 2.32 bits per heavy atom. The van der Waals surface area contributed by atoms with E-state index in [0.29, 0.717) is 0 Å². The smallest absolute Gasteiger partial charge is 0.258 e. The van der Waals surface area contributed by atoms with E-state index >= 15 is 0 Å². The van der Waals surface area contributed by atoms with E-state index in [1.807, 2.05) is 0 Å². The molecule has 7 heteroatoms. The van der Waals surface area contributed by atoms with Crippen molar-refractivity contribution in [2.24, 2.45) is 0 Å². The van der Waals surface area contributed by atoms with Crippen LogP contribution < -0.4 is 11.1 Å². The molecule has 28 heavy (non-hydrogen) atoms. The molecular weight excluding hydrogens is 383 g/mol. The van der Waals surface area contributed by atoms with E-state index in [2.05, 4.69) is 5.32 Å². The van der Waals surface area contributed by atoms with Gasteiger partial charge in [-0.1, -0.05) is 35.9 Å². The summed E-state index contributed by atoms with van der Waals surface area (Å²) in [5.41, 5.74) is 6.39. The zero-order chi connectivity index (χ0) is 20.0. The molecule has 3 N–H and O–H groups in total. The summed E-state index contributed by atoms with van der Waals surface area (Å²) in [4.78, 5) is 38.4. The van der Waals surface area contributed by atoms with Crippen LogP contribution >= 0.6 is 11.6 Å². The minimum Gasteiger partial charge on any atom is -0.398 e. The average Bonchev–Trinajstić information content (AvgIpc) is 2.67. The molecule has 5 nitrogen and oxygen atoms in total. The third kappa shape index (κ3) is 2.75. The van der Waals surface area contributed by atoms with Gasteiger partial charge in [0.15, 0.2) is 11.6 Å². The van der Waals surface area contributed by atoms with Crippen LogP contribution in [0, 0.1) is 5.82 Å². The van der Waals surface area contributed by atoms with Gasteiger partial charge >= 0.3 is 0 Å². The molecule has 1 aliphatic carbocycles. The number of rotatable bonds is 2. The number of halogens is 2. The third-order valence-electron chi connectivity index (χ3n) is 4.53. The van der Waals surface area contributed by atoms with Crippen LogP contribution in [0.15, 0.2) is 54.6 Å². The number of nitrogens with two attached hydrogens (primary N) is 1. The van der Waals surface area contributed by atoms with Gasteiger partial charge in [0.1, 0.15) is 5.82 Å². The van der Waals surface area contributed by atoms with E-state index in [1.54, 1.807) is 12.1 Å². The first-order valence-corrected chi connectivity index (χ1v) is 8.63. The molecule has 0 saturated heterocycles. The van der Waals surface area contributed by atoms with Gasteiger partial charge in [0.2, 0.25) is 0 Å². The number of benzene rings is 3. The summed E-state index contributed by atoms with van der Waals surface area (Å²) in [5.74, 6) is -2.40. The van der Waals surface area contributed by atoms with E-state index in [4.69, 9.17) is 17.3 Å². The van der Waals surface area contributed by atoms with Crippen molar-refractivity contribution >= 4 is 40.4 Å². The molecule has 0 bridgehead atoms. The molecule has 0 aliphatic heterocycles. The zero-order valence-electron chi connectivity index (χ0n) is 14.3. The molecule has 138 valence electrons. The molecule has 0 heterocycles. The number of ketones is 2. The van der Waals surface area contributed by atoms with Crippen LogP contribution in [0.25, 0.3) is 0 Å². The Kier molecular flexibility index (Phi) is 4.20. The van der Waals surface area contributed by atoms with E-state index in [0.717, 1.165) is 6.07 Å². The van der Waals surface area contributed by atoms with Crippen LogP contribution in [-0.2, 0) is 0 Å². The number of nitrogen functional groups attached to an aromatic ring is 1. The molecule has 1 amide bonds. The number of carbonyl (C=O) groups is 3. The van der Waals surface area contributed by atoms with Gasteiger partial charge in [0, 0.05) is 21.8 Å². The van der Waals surface area contributed by atoms with Crippen LogP contribution in [0.5, 0.6) is 0 Å². The Labute approximate surface area is 163 Å². The third-order valence-corrected chi connectivity index (χ3v) is 4.76. The first-order valence-electron chi connectivity index (χ1n) is 8.26. The number of anilines is 2. The van der Waals surface area contributed by atoms with Crippen molar-refractivity contribution in [3.8, 4) is 0 Å². The van der Waals surface area contributed by atoms with E-state index in [-0.39, 0.29) is 44.2 Å². The first-order chi connectivity index (χ1) is 13.4. The molecule has 4 rings (SSSR count). The summed E-state index contributed by atoms with van der Waals surface area (Å²) in [6.45, 7) is 0. The van der Waals surface area contributed by atoms with Gasteiger partial charge in [-0.2, -0.15) is 0 Å². The second-order valence-corrected chi connectivity index (χ2v) is 6.67. The van der Waals surface area contributed by atoms with Gasteiger partial charge < -0.3 is 11.1 Å². The van der Waals surface area contributed by atoms with Crippen molar-refractivity contribution in [2.45, 2.75) is 0 Å². The summed E-state index contributed by atoms with van der Waals surface area (Å²) < 4.78 is 14.0. The maximum Gasteiger partial charge on any atom is 0.258 e. The molecule has 3 aromatic carbocycles. The number of hydrogen-bond acceptors (Lipinski definition) is 4. The van der Waals surface area contributed by atoms with Crippen LogP contribution in [-0.4, -0.2) is 17.5 Å². The predicted molar refractivity (Wildman–Crippen MR) is 104 cm³/mol. The van der Waals surface area contributed by atoms with Gasteiger partial charge in [-0.15, -0.1) is 0 Å². The fourth-order valence-corrected chi connectivity index (χ4v) is 3.41. The van der Waals surface area contributed by atoms with E-state index in [1.165, 1.54) is 36.4 Å². The number of fused-ring (bicyclic) bond motifs is 2. The average molecular weight is 395 g/mol. The van der Waals surface area contributed by atoms with Crippen LogP contribution in [0.2, 0.25) is 5.02 Å². The lowest BCUT2D eigenvalue weighted by molar-refractivity contribution is 0.0979. The highest BCUT2D eigenvalue weighted by Gasteiger charge is 2.33. The second-order valence-electron chi connectivity index (χ2n) is 6.23. The predicted octanol–water partition coefficient (Wildman–Crippen LogP) is 4.09. The summed E-state index contributed by atoms with van der Waals surface area (Å²) in [6, 6.07) is 12.7. The van der Waals surface area contributed by atoms with E-state index in [9.17, 15) is 18.8 Å². The van der Waals surface area contributed by atoms with Crippen molar-refractivity contribution in [2.75, 3.05) is 11.1 Å². The highest BCUT2D eigenvalue weighted by Crippen LogP contribution is 2.34. The first kappa shape index (κ1) is 17.9. The Bertz CT molecular complexity index is 1190. The number of carbonyl (C=O) groups excluding carboxylic acids is 3. The van der Waals surface area contributed by atoms with Crippen molar-refractivity contribution in [3.05, 3.63) is 93.3 Å². The number of nitrogens with one attached hydrogen (secondary N) is 1. The molecule has 0 radical (unpaired) electrons. The van der Waals surface area contributed by atoms with Crippen molar-refractivity contribution in [1.82, 2.24) is 0 Å². The lowest BCUT2D eigenvalue weighted by Gasteiger charge is -2.21. The zero-order valence-corrected chi connectivity index (χ0v) is 15.0. The van der Waals surface area contributed by atoms with Gasteiger partial charge in [-0.05, 0) is 30.3 Å². The molecule has 0 fully saturated rings. The molecule has 0 atom stereocenters. The standard InChI is InChI=1S/C21H12ClFN2O3/c22-10-7-8-14(23)13(9-10)21(28)25-16-6-2-4-12-18(16)20(27)11-3-1-5-15(24)17(11)19(12)26/h1-9H,24H2,(H,25,28). The lowest BCUT2D eigenvalue weighted by Crippen LogP contribution is -2.25. The van der Waals surface area contributed by atoms with Crippen LogP contribution in [0.3, 0.4) is 0 Å². The van der Waals surface area contributed by atoms with Gasteiger partial charge in [0.25, 0.3) is 5.91 Å². The Hall–Kier alpha value is -3.51. The Morgan fingerprint density at radius 2 is 1.57 bits per heavy atom. The minimum atomic E-state index is -0.785. The molecule has 0 unspecified atom stereocenters. The number of hydrogen-bond donors (Lipinski definition) is 2. The van der Waals surface area contributed by atoms with Crippen LogP contribution in [0.4, 0.5) is 15.8 Å². The molecule has 3 aromatic rings. The Balaban J connectivity index is 1.80. The largest absolute Gasteiger partial charge is 0.398 e. The second kappa shape index (κ2) is 6.58. The number of amides is 1. The fraction of sp³-hybridized carbons (Fsp3) is 0. The molecular formula is C21H12ClFN2O3. The minimum absolute atomic E-state index is 0.0430. The summed E-state index contributed by atoms with van der Waals surface area (Å²) >= 11 is 5.84. The normalized spacial score (nSPS) is 12.4. The van der Waals surface area contributed by atoms with Gasteiger partial charge in [-0.3, -0.25) is 14.4 Å². The molecule has 1 aliphatic rings. The SMILES string of the molecule is Nc1cccc2c1C(=O)c1cccc(NC(=O)c3cc(Cl)ccc3F)c1C2=O. The molecule has 0 aromatic heterocycles. The highest BCUT2D eigenvalue weighted by atomic mass is 35.5. The molecule has 0 spiro atoms. The van der Waals surface area contributed by atoms with Gasteiger partial charge in [0.05, 0.1) is 22.4 Å². The fourth-order valence-electron chi connectivity index (χ4n) is 3.23. The van der Waals surface area contributed by atoms with Crippen molar-refractivity contribution < 1.29 is 18.8 Å². The topological polar surface area (TPSA) is 89.3 Å². The maximum atomic E-state index is 14.0. The van der Waals surface area contributed by atoms with Crippen molar-refractivity contribution in [1.29, 1.82) is 0 Å². The van der Waals surface area contributed by atoms with E-state index < -0.39 is 23.3 Å². The summed E-state index contributed by atoms with van der Waals surface area (Å²) in [6.07, 6.45) is 0. The molecule has 0 saturated carbocycles. The monoisotopic (exact) mass is 394 g/mol. The summed E-state index contributed by atoms with van der Waals surface area (Å²) in [7, 11) is 0. The van der Waals surface area contributed by atoms with Crippen molar-refractivity contribution in [3.63, 3.8) is 0 Å². The summed E-state index contributed by atoms with van der Waals surface area (Å²) in [5, 5.41) is 2.70. The lowest BCUT2D eigenvalue weighted by atomic mass is 9.82. The highest BCUT2D eigenvalue weighted by molar-refractivity contribution is 6.32. The Morgan fingerprint density at radius 1 is 0.929 bits per heavy atom. The van der Waals surface area contributed by atoms with Gasteiger partial charge in [-0.25, -0.2) is 4.39 Å². The quantitative estimate of drug-likeness (QED) is 0.501. The maximum absolute atomic E-state index is 14.0.